The number of benzene rings is 2. The predicted octanol–water partition coefficient (Wildman–Crippen LogP) is 7.78. The summed E-state index contributed by atoms with van der Waals surface area (Å²) in [5.74, 6) is 15.0. The van der Waals surface area contributed by atoms with Crippen LogP contribution in [0.1, 0.15) is 93.9 Å². The zero-order valence-electron chi connectivity index (χ0n) is 18.8. The molecule has 0 aromatic heterocycles. The van der Waals surface area contributed by atoms with Crippen LogP contribution in [0.2, 0.25) is 0 Å². The molecule has 3 rings (SSSR count). The monoisotopic (exact) mass is 396 g/mol. The second-order valence-corrected chi connectivity index (χ2v) is 8.76. The molecule has 0 spiro atoms. The molecule has 1 aliphatic rings. The van der Waals surface area contributed by atoms with Crippen LogP contribution in [0.5, 0.6) is 0 Å². The van der Waals surface area contributed by atoms with Crippen molar-refractivity contribution in [2.45, 2.75) is 78.1 Å². The zero-order chi connectivity index (χ0) is 21.0. The van der Waals surface area contributed by atoms with Crippen LogP contribution in [0.3, 0.4) is 0 Å². The lowest BCUT2D eigenvalue weighted by molar-refractivity contribution is 0.259. The first-order chi connectivity index (χ1) is 14.8. The third kappa shape index (κ3) is 7.43. The highest BCUT2D eigenvalue weighted by molar-refractivity contribution is 5.46. The summed E-state index contributed by atoms with van der Waals surface area (Å²) in [5, 5.41) is 0. The van der Waals surface area contributed by atoms with Gasteiger partial charge in [0.1, 0.15) is 0 Å². The molecule has 2 aromatic carbocycles. The maximum atomic E-state index is 3.30. The fraction of sp³-hybridized carbons (Fsp3) is 0.467. The van der Waals surface area contributed by atoms with Crippen molar-refractivity contribution in [3.8, 4) is 23.7 Å². The molecule has 0 heterocycles. The Morgan fingerprint density at radius 1 is 0.700 bits per heavy atom. The first-order valence-corrected chi connectivity index (χ1v) is 12.0. The van der Waals surface area contributed by atoms with Crippen molar-refractivity contribution in [1.82, 2.24) is 0 Å². The molecule has 0 aliphatic heterocycles. The van der Waals surface area contributed by atoms with Crippen molar-refractivity contribution in [2.24, 2.45) is 11.8 Å². The van der Waals surface area contributed by atoms with E-state index in [0.29, 0.717) is 0 Å². The molecule has 0 atom stereocenters. The van der Waals surface area contributed by atoms with Crippen LogP contribution in [0.25, 0.3) is 0 Å². The molecule has 1 aliphatic carbocycles. The summed E-state index contributed by atoms with van der Waals surface area (Å²) in [6, 6.07) is 17.1. The van der Waals surface area contributed by atoms with Gasteiger partial charge in [0.25, 0.3) is 0 Å². The van der Waals surface area contributed by atoms with Crippen molar-refractivity contribution in [1.29, 1.82) is 0 Å². The maximum Gasteiger partial charge on any atom is 0.0249 e. The largest absolute Gasteiger partial charge is 0.0979 e. The van der Waals surface area contributed by atoms with Gasteiger partial charge in [0.15, 0.2) is 0 Å². The van der Waals surface area contributed by atoms with Crippen LogP contribution in [0, 0.1) is 35.5 Å². The summed E-state index contributed by atoms with van der Waals surface area (Å²) < 4.78 is 0. The Morgan fingerprint density at radius 2 is 1.23 bits per heavy atom. The maximum absolute atomic E-state index is 3.30. The average Bonchev–Trinajstić information content (AvgIpc) is 2.81. The number of rotatable bonds is 6. The smallest absolute Gasteiger partial charge is 0.0249 e. The van der Waals surface area contributed by atoms with Gasteiger partial charge in [-0.1, -0.05) is 88.2 Å². The third-order valence-electron chi connectivity index (χ3n) is 6.46. The Balaban J connectivity index is 1.47. The first-order valence-electron chi connectivity index (χ1n) is 12.0. The van der Waals surface area contributed by atoms with Crippen LogP contribution >= 0.6 is 0 Å². The molecule has 2 aromatic rings. The van der Waals surface area contributed by atoms with Crippen molar-refractivity contribution >= 4 is 0 Å². The van der Waals surface area contributed by atoms with E-state index >= 15 is 0 Å². The molecular formula is C30H36. The molecule has 156 valence electrons. The van der Waals surface area contributed by atoms with Gasteiger partial charge in [-0.25, -0.2) is 0 Å². The molecule has 30 heavy (non-hydrogen) atoms. The number of hydrogen-bond acceptors (Lipinski definition) is 0. The number of aryl methyl sites for hydroxylation is 1. The zero-order valence-corrected chi connectivity index (χ0v) is 18.8. The van der Waals surface area contributed by atoms with Crippen LogP contribution < -0.4 is 0 Å². The van der Waals surface area contributed by atoms with Gasteiger partial charge in [0.2, 0.25) is 0 Å². The molecule has 0 saturated heterocycles. The van der Waals surface area contributed by atoms with E-state index in [2.05, 4.69) is 86.1 Å². The molecule has 1 saturated carbocycles. The van der Waals surface area contributed by atoms with Crippen LogP contribution in [-0.4, -0.2) is 0 Å². The Bertz CT molecular complexity index is 870. The second kappa shape index (κ2) is 12.3. The SMILES string of the molecule is CCCCC#Cc1ccc(C#Cc2ccc(CCC3CCC(CC)CC3)cc2)cc1. The summed E-state index contributed by atoms with van der Waals surface area (Å²) in [6.07, 6.45) is 13.0. The third-order valence-corrected chi connectivity index (χ3v) is 6.46. The predicted molar refractivity (Wildman–Crippen MR) is 129 cm³/mol. The van der Waals surface area contributed by atoms with E-state index in [-0.39, 0.29) is 0 Å². The molecule has 0 N–H and O–H groups in total. The van der Waals surface area contributed by atoms with Crippen molar-refractivity contribution in [3.63, 3.8) is 0 Å². The van der Waals surface area contributed by atoms with E-state index < -0.39 is 0 Å². The van der Waals surface area contributed by atoms with E-state index in [0.717, 1.165) is 34.9 Å². The molecule has 0 nitrogen and oxygen atoms in total. The van der Waals surface area contributed by atoms with Crippen LogP contribution in [0.4, 0.5) is 0 Å². The molecule has 0 bridgehead atoms. The first kappa shape index (κ1) is 22.2. The van der Waals surface area contributed by atoms with Crippen molar-refractivity contribution < 1.29 is 0 Å². The highest BCUT2D eigenvalue weighted by Gasteiger charge is 2.19. The standard InChI is InChI=1S/C30H36/c1-3-5-6-7-8-26-13-15-28(16-14-26)19-20-30-23-21-29(22-24-30)18-17-27-11-9-25(4-2)10-12-27/h13-16,21-25,27H,3-6,9-12,17-18H2,1-2H3. The van der Waals surface area contributed by atoms with Crippen LogP contribution in [0.15, 0.2) is 48.5 Å². The van der Waals surface area contributed by atoms with Crippen molar-refractivity contribution in [3.05, 3.63) is 70.8 Å². The van der Waals surface area contributed by atoms with Gasteiger partial charge in [0.05, 0.1) is 0 Å². The van der Waals surface area contributed by atoms with E-state index in [1.54, 1.807) is 0 Å². The Hall–Kier alpha value is -2.44. The second-order valence-electron chi connectivity index (χ2n) is 8.76. The minimum Gasteiger partial charge on any atom is -0.0979 e. The van der Waals surface area contributed by atoms with E-state index in [4.69, 9.17) is 0 Å². The summed E-state index contributed by atoms with van der Waals surface area (Å²) in [5.41, 5.74) is 4.65. The Kier molecular flexibility index (Phi) is 9.12. The van der Waals surface area contributed by atoms with Crippen molar-refractivity contribution in [2.75, 3.05) is 0 Å². The quantitative estimate of drug-likeness (QED) is 0.345. The lowest BCUT2D eigenvalue weighted by Gasteiger charge is -2.27. The minimum absolute atomic E-state index is 0.937. The highest BCUT2D eigenvalue weighted by Crippen LogP contribution is 2.33. The summed E-state index contributed by atoms with van der Waals surface area (Å²) >= 11 is 0. The van der Waals surface area contributed by atoms with E-state index in [9.17, 15) is 0 Å². The normalized spacial score (nSPS) is 18.1. The minimum atomic E-state index is 0.937. The van der Waals surface area contributed by atoms with Gasteiger partial charge in [-0.3, -0.25) is 0 Å². The lowest BCUT2D eigenvalue weighted by Crippen LogP contribution is -2.14. The summed E-state index contributed by atoms with van der Waals surface area (Å²) in [4.78, 5) is 0. The topological polar surface area (TPSA) is 0 Å². The molecular weight excluding hydrogens is 360 g/mol. The Morgan fingerprint density at radius 3 is 1.80 bits per heavy atom. The van der Waals surface area contributed by atoms with E-state index in [1.165, 1.54) is 63.4 Å². The number of unbranched alkanes of at least 4 members (excludes halogenated alkanes) is 2. The average molecular weight is 397 g/mol. The van der Waals surface area contributed by atoms with Gasteiger partial charge >= 0.3 is 0 Å². The number of hydrogen-bond donors (Lipinski definition) is 0. The van der Waals surface area contributed by atoms with Gasteiger partial charge < -0.3 is 0 Å². The molecule has 0 unspecified atom stereocenters. The lowest BCUT2D eigenvalue weighted by atomic mass is 9.78. The summed E-state index contributed by atoms with van der Waals surface area (Å²) in [6.45, 7) is 4.54. The summed E-state index contributed by atoms with van der Waals surface area (Å²) in [7, 11) is 0. The van der Waals surface area contributed by atoms with Gasteiger partial charge in [0, 0.05) is 23.1 Å². The highest BCUT2D eigenvalue weighted by atomic mass is 14.2. The van der Waals surface area contributed by atoms with E-state index in [1.807, 2.05) is 0 Å². The fourth-order valence-corrected chi connectivity index (χ4v) is 4.26. The molecule has 0 heteroatoms. The van der Waals surface area contributed by atoms with Crippen LogP contribution in [-0.2, 0) is 6.42 Å². The molecule has 1 fully saturated rings. The molecule has 0 radical (unpaired) electrons. The fourth-order valence-electron chi connectivity index (χ4n) is 4.26. The Labute approximate surface area is 184 Å². The van der Waals surface area contributed by atoms with Gasteiger partial charge in [-0.2, -0.15) is 0 Å². The van der Waals surface area contributed by atoms with Gasteiger partial charge in [-0.15, -0.1) is 0 Å². The van der Waals surface area contributed by atoms with Gasteiger partial charge in [-0.05, 0) is 73.1 Å². The molecule has 0 amide bonds.